The summed E-state index contributed by atoms with van der Waals surface area (Å²) < 4.78 is 36.3. The number of anilines is 1. The van der Waals surface area contributed by atoms with Crippen molar-refractivity contribution in [3.05, 3.63) is 66.2 Å². The molecule has 9 nitrogen and oxygen atoms in total. The zero-order valence-corrected chi connectivity index (χ0v) is 17.0. The van der Waals surface area contributed by atoms with Crippen molar-refractivity contribution in [3.63, 3.8) is 0 Å². The fourth-order valence-electron chi connectivity index (χ4n) is 2.48. The fourth-order valence-corrected chi connectivity index (χ4v) is 2.96. The zero-order valence-electron chi connectivity index (χ0n) is 16.2. The molecular weight excluding hydrogens is 406 g/mol. The quantitative estimate of drug-likeness (QED) is 0.298. The third-order valence-corrected chi connectivity index (χ3v) is 4.95. The van der Waals surface area contributed by atoms with E-state index in [1.165, 1.54) is 31.4 Å². The summed E-state index contributed by atoms with van der Waals surface area (Å²) in [6.07, 6.45) is 0. The van der Waals surface area contributed by atoms with Gasteiger partial charge in [0.05, 0.1) is 40.4 Å². The summed E-state index contributed by atoms with van der Waals surface area (Å²) >= 11 is 0. The molecule has 0 aromatic heterocycles. The van der Waals surface area contributed by atoms with Gasteiger partial charge in [0.1, 0.15) is 5.75 Å². The molecule has 0 amide bonds. The predicted octanol–water partition coefficient (Wildman–Crippen LogP) is 5.66. The maximum absolute atomic E-state index is 11.0. The van der Waals surface area contributed by atoms with Gasteiger partial charge >= 0.3 is 0 Å². The molecule has 0 aliphatic carbocycles. The van der Waals surface area contributed by atoms with Crippen LogP contribution in [0.15, 0.2) is 86.0 Å². The highest BCUT2D eigenvalue weighted by Crippen LogP contribution is 2.32. The summed E-state index contributed by atoms with van der Waals surface area (Å²) in [5, 5.41) is 16.6. The molecule has 0 unspecified atom stereocenters. The number of methoxy groups -OCH3 is 1. The number of hydrogen-bond acceptors (Lipinski definition) is 8. The Bertz CT molecular complexity index is 1210. The molecule has 3 aromatic carbocycles. The number of rotatable bonds is 6. The molecule has 0 fully saturated rings. The van der Waals surface area contributed by atoms with Crippen LogP contribution in [-0.4, -0.2) is 20.1 Å². The second kappa shape index (κ2) is 8.80. The molecule has 0 aliphatic heterocycles. The minimum atomic E-state index is -4.23. The van der Waals surface area contributed by atoms with E-state index in [0.717, 1.165) is 5.56 Å². The second-order valence-electron chi connectivity index (χ2n) is 6.27. The number of aryl methyl sites for hydroxylation is 1. The topological polar surface area (TPSA) is 139 Å². The summed E-state index contributed by atoms with van der Waals surface area (Å²) in [6, 6.07) is 15.8. The molecule has 0 saturated carbocycles. The van der Waals surface area contributed by atoms with Crippen LogP contribution in [0, 0.1) is 6.92 Å². The lowest BCUT2D eigenvalue weighted by Gasteiger charge is -2.07. The average molecular weight is 425 g/mol. The van der Waals surface area contributed by atoms with Crippen molar-refractivity contribution in [2.75, 3.05) is 12.8 Å². The van der Waals surface area contributed by atoms with Crippen LogP contribution >= 0.6 is 0 Å². The van der Waals surface area contributed by atoms with Gasteiger partial charge in [-0.3, -0.25) is 4.55 Å². The van der Waals surface area contributed by atoms with E-state index in [0.29, 0.717) is 34.2 Å². The Morgan fingerprint density at radius 1 is 0.833 bits per heavy atom. The van der Waals surface area contributed by atoms with Gasteiger partial charge < -0.3 is 10.5 Å². The third kappa shape index (κ3) is 5.25. The Morgan fingerprint density at radius 3 is 1.77 bits per heavy atom. The highest BCUT2D eigenvalue weighted by atomic mass is 32.2. The first-order valence-corrected chi connectivity index (χ1v) is 10.2. The molecule has 0 heterocycles. The molecule has 154 valence electrons. The molecule has 3 N–H and O–H groups in total. The Hall–Kier alpha value is -3.63. The minimum absolute atomic E-state index is 0.204. The van der Waals surface area contributed by atoms with Crippen LogP contribution in [0.3, 0.4) is 0 Å². The number of nitrogens with two attached hydrogens (primary N) is 1. The van der Waals surface area contributed by atoms with Gasteiger partial charge in [-0.2, -0.15) is 28.9 Å². The molecule has 0 aliphatic rings. The molecule has 0 saturated heterocycles. The van der Waals surface area contributed by atoms with Crippen LogP contribution in [0.5, 0.6) is 5.75 Å². The van der Waals surface area contributed by atoms with Crippen molar-refractivity contribution in [3.8, 4) is 5.75 Å². The SMILES string of the molecule is COc1cc(N=Nc2ccc(N=Nc3ccc(S(=O)(=O)O)cc3)cc2)c(C)cc1N. The van der Waals surface area contributed by atoms with E-state index >= 15 is 0 Å². The van der Waals surface area contributed by atoms with Crippen LogP contribution in [-0.2, 0) is 10.1 Å². The number of benzene rings is 3. The molecule has 3 aromatic rings. The largest absolute Gasteiger partial charge is 0.495 e. The van der Waals surface area contributed by atoms with E-state index in [9.17, 15) is 8.42 Å². The van der Waals surface area contributed by atoms with Gasteiger partial charge in [-0.1, -0.05) is 0 Å². The van der Waals surface area contributed by atoms with Crippen LogP contribution < -0.4 is 10.5 Å². The van der Waals surface area contributed by atoms with Gasteiger partial charge in [0.2, 0.25) is 0 Å². The lowest BCUT2D eigenvalue weighted by molar-refractivity contribution is 0.417. The van der Waals surface area contributed by atoms with E-state index in [1.807, 2.05) is 6.92 Å². The molecule has 30 heavy (non-hydrogen) atoms. The summed E-state index contributed by atoms with van der Waals surface area (Å²) in [4.78, 5) is -0.204. The number of nitrogen functional groups attached to an aromatic ring is 1. The summed E-state index contributed by atoms with van der Waals surface area (Å²) in [7, 11) is -2.69. The molecule has 10 heteroatoms. The number of ether oxygens (including phenoxy) is 1. The maximum atomic E-state index is 11.0. The van der Waals surface area contributed by atoms with Gasteiger partial charge in [0.15, 0.2) is 0 Å². The Morgan fingerprint density at radius 2 is 1.30 bits per heavy atom. The number of azo groups is 2. The van der Waals surface area contributed by atoms with Crippen molar-refractivity contribution in [2.45, 2.75) is 11.8 Å². The number of hydrogen-bond donors (Lipinski definition) is 2. The summed E-state index contributed by atoms with van der Waals surface area (Å²) in [5.74, 6) is 0.537. The van der Waals surface area contributed by atoms with Gasteiger partial charge in [-0.15, -0.1) is 0 Å². The van der Waals surface area contributed by atoms with Crippen molar-refractivity contribution in [1.82, 2.24) is 0 Å². The fraction of sp³-hybridized carbons (Fsp3) is 0.100. The van der Waals surface area contributed by atoms with Crippen LogP contribution in [0.2, 0.25) is 0 Å². The molecule has 0 bridgehead atoms. The molecular formula is C20H19N5O4S. The normalized spacial score (nSPS) is 12.0. The average Bonchev–Trinajstić information content (AvgIpc) is 2.72. The molecule has 0 spiro atoms. The molecule has 0 radical (unpaired) electrons. The zero-order chi connectivity index (χ0) is 21.7. The first kappa shape index (κ1) is 21.1. The molecule has 0 atom stereocenters. The highest BCUT2D eigenvalue weighted by Gasteiger charge is 2.08. The van der Waals surface area contributed by atoms with Crippen molar-refractivity contribution < 1.29 is 17.7 Å². The van der Waals surface area contributed by atoms with Crippen LogP contribution in [0.4, 0.5) is 28.4 Å². The molecule has 3 rings (SSSR count). The Balaban J connectivity index is 1.71. The van der Waals surface area contributed by atoms with Crippen LogP contribution in [0.1, 0.15) is 5.56 Å². The van der Waals surface area contributed by atoms with Gasteiger partial charge in [-0.05, 0) is 67.1 Å². The van der Waals surface area contributed by atoms with Gasteiger partial charge in [0, 0.05) is 6.07 Å². The van der Waals surface area contributed by atoms with Crippen molar-refractivity contribution in [2.24, 2.45) is 20.5 Å². The first-order chi connectivity index (χ1) is 14.3. The van der Waals surface area contributed by atoms with Gasteiger partial charge in [0.25, 0.3) is 10.1 Å². The standard InChI is InChI=1S/C20H19N5O4S/c1-13-11-18(21)20(29-2)12-19(13)25-24-15-5-3-14(4-6-15)22-23-16-7-9-17(10-8-16)30(26,27)28/h3-12H,21H2,1-2H3,(H,26,27,28). The Kier molecular flexibility index (Phi) is 6.19. The number of nitrogens with zero attached hydrogens (tertiary/aromatic N) is 4. The lowest BCUT2D eigenvalue weighted by Crippen LogP contribution is -1.96. The van der Waals surface area contributed by atoms with E-state index < -0.39 is 10.1 Å². The summed E-state index contributed by atoms with van der Waals surface area (Å²) in [6.45, 7) is 1.89. The second-order valence-corrected chi connectivity index (χ2v) is 7.69. The van der Waals surface area contributed by atoms with Crippen LogP contribution in [0.25, 0.3) is 0 Å². The van der Waals surface area contributed by atoms with E-state index in [4.69, 9.17) is 15.0 Å². The minimum Gasteiger partial charge on any atom is -0.495 e. The smallest absolute Gasteiger partial charge is 0.294 e. The first-order valence-electron chi connectivity index (χ1n) is 8.71. The maximum Gasteiger partial charge on any atom is 0.294 e. The van der Waals surface area contributed by atoms with E-state index in [-0.39, 0.29) is 4.90 Å². The van der Waals surface area contributed by atoms with E-state index in [2.05, 4.69) is 20.5 Å². The van der Waals surface area contributed by atoms with Crippen molar-refractivity contribution >= 4 is 38.6 Å². The highest BCUT2D eigenvalue weighted by molar-refractivity contribution is 7.85. The Labute approximate surface area is 173 Å². The predicted molar refractivity (Wildman–Crippen MR) is 113 cm³/mol. The van der Waals surface area contributed by atoms with Crippen molar-refractivity contribution in [1.29, 1.82) is 0 Å². The third-order valence-electron chi connectivity index (χ3n) is 4.09. The lowest BCUT2D eigenvalue weighted by atomic mass is 10.1. The van der Waals surface area contributed by atoms with Gasteiger partial charge in [-0.25, -0.2) is 0 Å². The van der Waals surface area contributed by atoms with E-state index in [1.54, 1.807) is 36.4 Å². The monoisotopic (exact) mass is 425 g/mol. The summed E-state index contributed by atoms with van der Waals surface area (Å²) in [5.41, 5.74) is 9.59.